The second kappa shape index (κ2) is 9.64. The van der Waals surface area contributed by atoms with Crippen LogP contribution in [-0.2, 0) is 27.3 Å². The summed E-state index contributed by atoms with van der Waals surface area (Å²) in [6.45, 7) is 2.57. The monoisotopic (exact) mass is 430 g/mol. The Labute approximate surface area is 187 Å². The lowest BCUT2D eigenvalue weighted by Crippen LogP contribution is -2.45. The summed E-state index contributed by atoms with van der Waals surface area (Å²) in [5.41, 5.74) is 2.93. The van der Waals surface area contributed by atoms with Gasteiger partial charge in [0.25, 0.3) is 0 Å². The maximum Gasteiger partial charge on any atom is 0.328 e. The highest BCUT2D eigenvalue weighted by atomic mass is 16.5. The van der Waals surface area contributed by atoms with E-state index in [1.165, 1.54) is 0 Å². The summed E-state index contributed by atoms with van der Waals surface area (Å²) >= 11 is 0. The molecule has 6 nitrogen and oxygen atoms in total. The number of nitrogens with one attached hydrogen (secondary N) is 1. The average Bonchev–Trinajstić information content (AvgIpc) is 3.42. The van der Waals surface area contributed by atoms with Gasteiger partial charge in [0.2, 0.25) is 11.7 Å². The van der Waals surface area contributed by atoms with Gasteiger partial charge in [-0.3, -0.25) is 9.59 Å². The number of fused-ring (bicyclic) bond motifs is 1. The molecule has 1 amide bonds. The van der Waals surface area contributed by atoms with Crippen LogP contribution in [0, 0.1) is 0 Å². The largest absolute Gasteiger partial charge is 0.464 e. The Balaban J connectivity index is 1.51. The van der Waals surface area contributed by atoms with Gasteiger partial charge in [-0.05, 0) is 31.0 Å². The lowest BCUT2D eigenvalue weighted by Gasteiger charge is -2.19. The summed E-state index contributed by atoms with van der Waals surface area (Å²) in [6, 6.07) is 21.5. The zero-order chi connectivity index (χ0) is 22.5. The summed E-state index contributed by atoms with van der Waals surface area (Å²) < 4.78 is 7.10. The van der Waals surface area contributed by atoms with Crippen LogP contribution in [0.25, 0.3) is 0 Å². The quantitative estimate of drug-likeness (QED) is 0.438. The molecule has 1 aliphatic heterocycles. The van der Waals surface area contributed by atoms with Crippen molar-refractivity contribution in [2.24, 2.45) is 0 Å². The van der Waals surface area contributed by atoms with Gasteiger partial charge in [0.05, 0.1) is 18.2 Å². The number of ether oxygens (including phenoxy) is 1. The number of benzene rings is 2. The van der Waals surface area contributed by atoms with Crippen molar-refractivity contribution in [3.05, 3.63) is 95.3 Å². The highest BCUT2D eigenvalue weighted by Crippen LogP contribution is 2.31. The number of carbonyl (C=O) groups excluding carboxylic acids is 3. The third-order valence-electron chi connectivity index (χ3n) is 5.77. The zero-order valence-electron chi connectivity index (χ0n) is 18.0. The van der Waals surface area contributed by atoms with E-state index < -0.39 is 17.9 Å². The molecule has 0 fully saturated rings. The van der Waals surface area contributed by atoms with E-state index in [9.17, 15) is 14.4 Å². The molecule has 0 bridgehead atoms. The predicted octanol–water partition coefficient (Wildman–Crippen LogP) is 3.50. The van der Waals surface area contributed by atoms with Crippen LogP contribution in [0.3, 0.4) is 0 Å². The molecular weight excluding hydrogens is 404 g/mol. The molecule has 1 N–H and O–H groups in total. The van der Waals surface area contributed by atoms with Crippen molar-refractivity contribution in [3.63, 3.8) is 0 Å². The number of aromatic nitrogens is 1. The maximum atomic E-state index is 13.1. The molecule has 6 heteroatoms. The molecule has 4 rings (SSSR count). The van der Waals surface area contributed by atoms with E-state index in [-0.39, 0.29) is 18.3 Å². The van der Waals surface area contributed by atoms with E-state index in [1.54, 1.807) is 25.1 Å². The van der Waals surface area contributed by atoms with Crippen molar-refractivity contribution >= 4 is 17.7 Å². The second-order valence-electron chi connectivity index (χ2n) is 7.83. The number of rotatable bonds is 8. The number of hydrogen-bond acceptors (Lipinski definition) is 4. The molecule has 0 saturated heterocycles. The normalized spacial score (nSPS) is 15.6. The van der Waals surface area contributed by atoms with Crippen molar-refractivity contribution in [3.8, 4) is 0 Å². The molecule has 32 heavy (non-hydrogen) atoms. The molecule has 0 radical (unpaired) electrons. The van der Waals surface area contributed by atoms with Crippen LogP contribution < -0.4 is 5.32 Å². The standard InChI is InChI=1S/C26H26N2O4/c1-2-32-26(31)21(17-18-9-5-3-6-10-18)27-25(30)20-15-16-28-22(20)13-14-23(28)24(29)19-11-7-4-8-12-19/h3-14,20-21H,2,15-17H2,1H3,(H,27,30)/t20?,21-/m0/s1. The fraction of sp³-hybridized carbons (Fsp3) is 0.269. The molecular formula is C26H26N2O4. The third kappa shape index (κ3) is 4.49. The van der Waals surface area contributed by atoms with E-state index in [1.807, 2.05) is 59.2 Å². The number of amides is 1. The van der Waals surface area contributed by atoms with Crippen LogP contribution in [0.2, 0.25) is 0 Å². The first kappa shape index (κ1) is 21.6. The minimum absolute atomic E-state index is 0.0635. The molecule has 0 aliphatic carbocycles. The van der Waals surface area contributed by atoms with Crippen LogP contribution >= 0.6 is 0 Å². The fourth-order valence-electron chi connectivity index (χ4n) is 4.20. The topological polar surface area (TPSA) is 77.4 Å². The smallest absolute Gasteiger partial charge is 0.328 e. The fourth-order valence-corrected chi connectivity index (χ4v) is 4.20. The Morgan fingerprint density at radius 3 is 2.38 bits per heavy atom. The van der Waals surface area contributed by atoms with Crippen LogP contribution in [0.1, 0.15) is 46.6 Å². The van der Waals surface area contributed by atoms with Gasteiger partial charge in [-0.1, -0.05) is 60.7 Å². The minimum atomic E-state index is -0.765. The highest BCUT2D eigenvalue weighted by molar-refractivity contribution is 6.08. The molecule has 1 unspecified atom stereocenters. The number of carbonyl (C=O) groups is 3. The zero-order valence-corrected chi connectivity index (χ0v) is 18.0. The Hall–Kier alpha value is -3.67. The van der Waals surface area contributed by atoms with Crippen LogP contribution in [-0.4, -0.2) is 34.9 Å². The molecule has 164 valence electrons. The van der Waals surface area contributed by atoms with Crippen molar-refractivity contribution in [2.75, 3.05) is 6.61 Å². The highest BCUT2D eigenvalue weighted by Gasteiger charge is 2.34. The Bertz CT molecular complexity index is 1110. The van der Waals surface area contributed by atoms with Crippen LogP contribution in [0.5, 0.6) is 0 Å². The van der Waals surface area contributed by atoms with E-state index in [4.69, 9.17) is 4.74 Å². The number of ketones is 1. The van der Waals surface area contributed by atoms with Gasteiger partial charge in [-0.25, -0.2) is 4.79 Å². The first-order valence-corrected chi connectivity index (χ1v) is 10.9. The van der Waals surface area contributed by atoms with E-state index in [0.29, 0.717) is 30.6 Å². The van der Waals surface area contributed by atoms with Gasteiger partial charge >= 0.3 is 5.97 Å². The van der Waals surface area contributed by atoms with E-state index >= 15 is 0 Å². The first-order valence-electron chi connectivity index (χ1n) is 10.9. The summed E-state index contributed by atoms with van der Waals surface area (Å²) in [5.74, 6) is -1.15. The van der Waals surface area contributed by atoms with E-state index in [0.717, 1.165) is 11.3 Å². The van der Waals surface area contributed by atoms with Gasteiger partial charge in [-0.15, -0.1) is 0 Å². The van der Waals surface area contributed by atoms with Gasteiger partial charge in [-0.2, -0.15) is 0 Å². The van der Waals surface area contributed by atoms with Gasteiger partial charge < -0.3 is 14.6 Å². The summed E-state index contributed by atoms with van der Waals surface area (Å²) in [7, 11) is 0. The van der Waals surface area contributed by atoms with E-state index in [2.05, 4.69) is 5.32 Å². The molecule has 1 aromatic heterocycles. The summed E-state index contributed by atoms with van der Waals surface area (Å²) in [4.78, 5) is 38.6. The maximum absolute atomic E-state index is 13.1. The van der Waals surface area contributed by atoms with Crippen molar-refractivity contribution in [1.82, 2.24) is 9.88 Å². The predicted molar refractivity (Wildman–Crippen MR) is 120 cm³/mol. The van der Waals surface area contributed by atoms with Crippen molar-refractivity contribution in [1.29, 1.82) is 0 Å². The first-order chi connectivity index (χ1) is 15.6. The molecule has 1 aliphatic rings. The minimum Gasteiger partial charge on any atom is -0.464 e. The van der Waals surface area contributed by atoms with Crippen molar-refractivity contribution in [2.45, 2.75) is 38.3 Å². The molecule has 2 heterocycles. The molecule has 3 aromatic rings. The lowest BCUT2D eigenvalue weighted by atomic mass is 10.0. The SMILES string of the molecule is CCOC(=O)[C@H](Cc1ccccc1)NC(=O)C1CCn2c(C(=O)c3ccccc3)ccc21. The Morgan fingerprint density at radius 1 is 1.00 bits per heavy atom. The van der Waals surface area contributed by atoms with Gasteiger partial charge in [0.15, 0.2) is 0 Å². The molecule has 2 atom stereocenters. The lowest BCUT2D eigenvalue weighted by molar-refractivity contribution is -0.147. The summed E-state index contributed by atoms with van der Waals surface area (Å²) in [5, 5.41) is 2.89. The van der Waals surface area contributed by atoms with Crippen molar-refractivity contribution < 1.29 is 19.1 Å². The number of esters is 1. The summed E-state index contributed by atoms with van der Waals surface area (Å²) in [6.07, 6.45) is 0.939. The number of hydrogen-bond donors (Lipinski definition) is 1. The molecule has 0 saturated carbocycles. The van der Waals surface area contributed by atoms with Crippen LogP contribution in [0.4, 0.5) is 0 Å². The Morgan fingerprint density at radius 2 is 1.69 bits per heavy atom. The third-order valence-corrected chi connectivity index (χ3v) is 5.77. The molecule has 2 aromatic carbocycles. The average molecular weight is 431 g/mol. The van der Waals surface area contributed by atoms with Gasteiger partial charge in [0.1, 0.15) is 6.04 Å². The number of nitrogens with zero attached hydrogens (tertiary/aromatic N) is 1. The van der Waals surface area contributed by atoms with Crippen LogP contribution in [0.15, 0.2) is 72.8 Å². The van der Waals surface area contributed by atoms with Gasteiger partial charge in [0, 0.05) is 24.2 Å². The second-order valence-corrected chi connectivity index (χ2v) is 7.83. The Kier molecular flexibility index (Phi) is 6.50. The molecule has 0 spiro atoms.